The number of hydrogen-bond donors (Lipinski definition) is 1. The summed E-state index contributed by atoms with van der Waals surface area (Å²) in [7, 11) is 3.67. The van der Waals surface area contributed by atoms with Crippen LogP contribution in [0.3, 0.4) is 0 Å². The van der Waals surface area contributed by atoms with Crippen molar-refractivity contribution in [3.8, 4) is 0 Å². The van der Waals surface area contributed by atoms with Gasteiger partial charge >= 0.3 is 5.97 Å². The number of hydrogen-bond acceptors (Lipinski definition) is 3. The highest BCUT2D eigenvalue weighted by Crippen LogP contribution is 1.98. The van der Waals surface area contributed by atoms with E-state index in [0.29, 0.717) is 0 Å². The molecule has 0 aliphatic heterocycles. The van der Waals surface area contributed by atoms with Crippen molar-refractivity contribution in [2.75, 3.05) is 20.6 Å². The Morgan fingerprint density at radius 2 is 1.80 bits per heavy atom. The minimum absolute atomic E-state index is 0.267. The van der Waals surface area contributed by atoms with Crippen LogP contribution in [0.5, 0.6) is 0 Å². The number of rotatable bonds is 3. The molecule has 5 nitrogen and oxygen atoms in total. The molecule has 0 rings (SSSR count). The first-order valence-corrected chi connectivity index (χ1v) is 4.64. The van der Waals surface area contributed by atoms with Crippen LogP contribution >= 0.6 is 0 Å². The fraction of sp³-hybridized carbons (Fsp3) is 0.600. The van der Waals surface area contributed by atoms with Gasteiger partial charge in [0, 0.05) is 13.0 Å². The number of carbonyl (C=O) groups is 2. The van der Waals surface area contributed by atoms with E-state index in [1.165, 1.54) is 6.08 Å². The van der Waals surface area contributed by atoms with Crippen molar-refractivity contribution < 1.29 is 24.2 Å². The first kappa shape index (κ1) is 16.1. The summed E-state index contributed by atoms with van der Waals surface area (Å²) in [5, 5.41) is 7.42. The van der Waals surface area contributed by atoms with Crippen molar-refractivity contribution in [1.29, 1.82) is 0 Å². The molecule has 0 amide bonds. The van der Waals surface area contributed by atoms with Gasteiger partial charge in [-0.2, -0.15) is 0 Å². The minimum Gasteiger partial charge on any atom is -0.481 e. The Bertz CT molecular complexity index is 230. The number of carbonyl (C=O) groups excluding carboxylic acids is 1. The summed E-state index contributed by atoms with van der Waals surface area (Å²) in [5.41, 5.74) is 0. The molecule has 88 valence electrons. The van der Waals surface area contributed by atoms with Gasteiger partial charge in [-0.05, 0) is 13.8 Å². The summed E-state index contributed by atoms with van der Waals surface area (Å²) in [5.74, 6) is -1.13. The smallest absolute Gasteiger partial charge is 0.389 e. The van der Waals surface area contributed by atoms with Gasteiger partial charge in [-0.3, -0.25) is 9.63 Å². The van der Waals surface area contributed by atoms with Crippen molar-refractivity contribution >= 4 is 11.9 Å². The molecule has 1 N–H and O–H groups in total. The lowest BCUT2D eigenvalue weighted by molar-refractivity contribution is -1.06. The van der Waals surface area contributed by atoms with Crippen LogP contribution in [0.1, 0.15) is 20.8 Å². The lowest BCUT2D eigenvalue weighted by atomic mass is 10.5. The largest absolute Gasteiger partial charge is 0.481 e. The minimum atomic E-state index is -0.833. The molecule has 0 aromatic heterocycles. The Hall–Kier alpha value is -1.36. The number of carboxylic acid groups (broad SMARTS) is 1. The molecule has 0 saturated carbocycles. The molecule has 0 heterocycles. The zero-order valence-corrected chi connectivity index (χ0v) is 9.98. The van der Waals surface area contributed by atoms with Crippen LogP contribution in [-0.2, 0) is 14.4 Å². The van der Waals surface area contributed by atoms with Gasteiger partial charge in [0.2, 0.25) is 0 Å². The Morgan fingerprint density at radius 1 is 1.40 bits per heavy atom. The van der Waals surface area contributed by atoms with Gasteiger partial charge in [-0.1, -0.05) is 6.08 Å². The summed E-state index contributed by atoms with van der Waals surface area (Å²) in [6.45, 7) is 5.60. The molecule has 0 aromatic carbocycles. The van der Waals surface area contributed by atoms with Crippen LogP contribution in [-0.4, -0.2) is 42.3 Å². The van der Waals surface area contributed by atoms with E-state index in [1.54, 1.807) is 13.0 Å². The van der Waals surface area contributed by atoms with E-state index in [1.807, 2.05) is 21.0 Å². The molecule has 5 heteroatoms. The second kappa shape index (κ2) is 7.99. The molecule has 0 aromatic rings. The zero-order chi connectivity index (χ0) is 12.5. The predicted octanol–water partition coefficient (Wildman–Crippen LogP) is 1.21. The molecule has 0 fully saturated rings. The van der Waals surface area contributed by atoms with Gasteiger partial charge in [0.05, 0.1) is 0 Å². The third-order valence-corrected chi connectivity index (χ3v) is 1.40. The van der Waals surface area contributed by atoms with Crippen LogP contribution in [0.2, 0.25) is 0 Å². The van der Waals surface area contributed by atoms with E-state index in [9.17, 15) is 4.79 Å². The van der Waals surface area contributed by atoms with Crippen molar-refractivity contribution in [1.82, 2.24) is 0 Å². The first-order valence-electron chi connectivity index (χ1n) is 4.64. The summed E-state index contributed by atoms with van der Waals surface area (Å²) in [6, 6.07) is 0. The second-order valence-corrected chi connectivity index (χ2v) is 3.32. The summed E-state index contributed by atoms with van der Waals surface area (Å²) in [6.07, 6.45) is 3.08. The molecule has 0 spiro atoms. The van der Waals surface area contributed by atoms with E-state index in [4.69, 9.17) is 14.7 Å². The number of nitrogens with zero attached hydrogens (tertiary/aromatic N) is 1. The lowest BCUT2D eigenvalue weighted by Crippen LogP contribution is -2.40. The van der Waals surface area contributed by atoms with Gasteiger partial charge in [-0.25, -0.2) is 4.79 Å². The van der Waals surface area contributed by atoms with Crippen LogP contribution in [0, 0.1) is 0 Å². The average molecular weight is 218 g/mol. The van der Waals surface area contributed by atoms with Crippen molar-refractivity contribution in [2.45, 2.75) is 20.8 Å². The molecular weight excluding hydrogens is 198 g/mol. The summed E-state index contributed by atoms with van der Waals surface area (Å²) in [4.78, 5) is 24.9. The van der Waals surface area contributed by atoms with Gasteiger partial charge < -0.3 is 5.11 Å². The molecule has 0 bridgehead atoms. The van der Waals surface area contributed by atoms with Crippen LogP contribution in [0.4, 0.5) is 0 Å². The SMILES string of the molecule is CC(=O)O.CC=CC(=O)O[N+](C)(C)CC. The summed E-state index contributed by atoms with van der Waals surface area (Å²) < 4.78 is 0.267. The first-order chi connectivity index (χ1) is 6.75. The number of quaternary nitrogens is 1. The highest BCUT2D eigenvalue weighted by atomic mass is 16.7. The standard InChI is InChI=1S/C8H16NO2.C2H4O2/c1-5-7-8(10)11-9(3,4)6-2;1-2(3)4/h5,7H,6H2,1-4H3;1H3,(H,3,4)/q+1;. The number of carboxylic acids is 1. The third kappa shape index (κ3) is 15.4. The Labute approximate surface area is 90.5 Å². The molecule has 15 heavy (non-hydrogen) atoms. The lowest BCUT2D eigenvalue weighted by Gasteiger charge is -2.23. The quantitative estimate of drug-likeness (QED) is 0.439. The third-order valence-electron chi connectivity index (χ3n) is 1.40. The van der Waals surface area contributed by atoms with Crippen LogP contribution in [0.15, 0.2) is 12.2 Å². The Morgan fingerprint density at radius 3 is 2.07 bits per heavy atom. The monoisotopic (exact) mass is 218 g/mol. The van der Waals surface area contributed by atoms with Crippen molar-refractivity contribution in [2.24, 2.45) is 0 Å². The van der Waals surface area contributed by atoms with Crippen LogP contribution < -0.4 is 0 Å². The Kier molecular flexibility index (Phi) is 8.57. The van der Waals surface area contributed by atoms with Crippen molar-refractivity contribution in [3.05, 3.63) is 12.2 Å². The zero-order valence-electron chi connectivity index (χ0n) is 9.98. The second-order valence-electron chi connectivity index (χ2n) is 3.32. The van der Waals surface area contributed by atoms with Crippen LogP contribution in [0.25, 0.3) is 0 Å². The highest BCUT2D eigenvalue weighted by molar-refractivity contribution is 5.81. The molecule has 0 radical (unpaired) electrons. The van der Waals surface area contributed by atoms with Gasteiger partial charge in [-0.15, -0.1) is 4.65 Å². The number of hydroxylamine groups is 3. The van der Waals surface area contributed by atoms with E-state index in [-0.39, 0.29) is 10.6 Å². The number of allylic oxidation sites excluding steroid dienone is 1. The molecular formula is C10H20NO4+. The normalized spacial score (nSPS) is 10.5. The highest BCUT2D eigenvalue weighted by Gasteiger charge is 2.16. The maximum absolute atomic E-state index is 10.9. The topological polar surface area (TPSA) is 63.6 Å². The molecule has 0 saturated heterocycles. The Balaban J connectivity index is 0. The fourth-order valence-electron chi connectivity index (χ4n) is 0.475. The molecule has 0 aliphatic carbocycles. The maximum atomic E-state index is 10.9. The predicted molar refractivity (Wildman–Crippen MR) is 56.9 cm³/mol. The van der Waals surface area contributed by atoms with E-state index < -0.39 is 5.97 Å². The molecule has 0 aliphatic rings. The van der Waals surface area contributed by atoms with Gasteiger partial charge in [0.1, 0.15) is 20.6 Å². The maximum Gasteiger partial charge on any atom is 0.389 e. The average Bonchev–Trinajstić information content (AvgIpc) is 2.02. The van der Waals surface area contributed by atoms with Gasteiger partial charge in [0.15, 0.2) is 0 Å². The van der Waals surface area contributed by atoms with E-state index in [0.717, 1.165) is 13.5 Å². The van der Waals surface area contributed by atoms with Gasteiger partial charge in [0.25, 0.3) is 5.97 Å². The summed E-state index contributed by atoms with van der Waals surface area (Å²) >= 11 is 0. The molecule has 0 atom stereocenters. The fourth-order valence-corrected chi connectivity index (χ4v) is 0.475. The number of aliphatic carboxylic acids is 1. The van der Waals surface area contributed by atoms with Crippen molar-refractivity contribution in [3.63, 3.8) is 0 Å². The molecule has 0 unspecified atom stereocenters. The van der Waals surface area contributed by atoms with E-state index in [2.05, 4.69) is 0 Å². The van der Waals surface area contributed by atoms with E-state index >= 15 is 0 Å².